The van der Waals surface area contributed by atoms with Crippen LogP contribution in [0.2, 0.25) is 0 Å². The van der Waals surface area contributed by atoms with Crippen LogP contribution >= 0.6 is 0 Å². The molecule has 1 aromatic carbocycles. The summed E-state index contributed by atoms with van der Waals surface area (Å²) in [4.78, 5) is 17.4. The van der Waals surface area contributed by atoms with E-state index in [0.717, 1.165) is 42.5 Å². The molecule has 2 aromatic heterocycles. The first-order valence-corrected chi connectivity index (χ1v) is 9.53. The van der Waals surface area contributed by atoms with Crippen LogP contribution in [0.5, 0.6) is 0 Å². The molecule has 0 unspecified atom stereocenters. The molecular weight excluding hydrogens is 342 g/mol. The lowest BCUT2D eigenvalue weighted by Gasteiger charge is -2.36. The lowest BCUT2D eigenvalue weighted by atomic mass is 9.71. The number of hydrogen-bond donors (Lipinski definition) is 1. The summed E-state index contributed by atoms with van der Waals surface area (Å²) in [6.45, 7) is 1.13. The highest BCUT2D eigenvalue weighted by Gasteiger charge is 2.35. The first-order chi connectivity index (χ1) is 13.2. The number of para-hydroxylation sites is 2. The van der Waals surface area contributed by atoms with Crippen LogP contribution in [0.4, 0.5) is 0 Å². The number of imidazole rings is 1. The second-order valence-corrected chi connectivity index (χ2v) is 7.60. The predicted molar refractivity (Wildman–Crippen MR) is 101 cm³/mol. The Morgan fingerprint density at radius 1 is 1.22 bits per heavy atom. The standard InChI is InChI=1S/C19H25N7O/c1-25-16-8-4-3-7-15(16)22-17(25)12-20-18(27)11-19(9-5-2-6-10-19)13-26-14-21-23-24-26/h3-4,7-8,14H,2,5-6,9-13H2,1H3,(H,20,27). The highest BCUT2D eigenvalue weighted by atomic mass is 16.1. The first kappa shape index (κ1) is 17.6. The molecule has 2 heterocycles. The van der Waals surface area contributed by atoms with Gasteiger partial charge in [0, 0.05) is 13.5 Å². The van der Waals surface area contributed by atoms with E-state index < -0.39 is 0 Å². The maximum atomic E-state index is 12.7. The smallest absolute Gasteiger partial charge is 0.220 e. The Labute approximate surface area is 158 Å². The van der Waals surface area contributed by atoms with Crippen LogP contribution in [-0.2, 0) is 24.9 Å². The Morgan fingerprint density at radius 2 is 2.04 bits per heavy atom. The quantitative estimate of drug-likeness (QED) is 0.721. The van der Waals surface area contributed by atoms with E-state index in [9.17, 15) is 4.79 Å². The molecule has 1 aliphatic carbocycles. The molecule has 1 aliphatic rings. The second-order valence-electron chi connectivity index (χ2n) is 7.60. The average molecular weight is 367 g/mol. The van der Waals surface area contributed by atoms with Gasteiger partial charge in [0.2, 0.25) is 5.91 Å². The van der Waals surface area contributed by atoms with Crippen LogP contribution < -0.4 is 5.32 Å². The van der Waals surface area contributed by atoms with Gasteiger partial charge in [0.25, 0.3) is 0 Å². The number of carbonyl (C=O) groups excluding carboxylic acids is 1. The first-order valence-electron chi connectivity index (χ1n) is 9.53. The van der Waals surface area contributed by atoms with Gasteiger partial charge in [0.1, 0.15) is 12.2 Å². The number of nitrogens with one attached hydrogen (secondary N) is 1. The molecular formula is C19H25N7O. The Balaban J connectivity index is 1.42. The third-order valence-corrected chi connectivity index (χ3v) is 5.66. The maximum absolute atomic E-state index is 12.7. The summed E-state index contributed by atoms with van der Waals surface area (Å²) < 4.78 is 3.79. The molecule has 8 nitrogen and oxygen atoms in total. The van der Waals surface area contributed by atoms with E-state index in [1.165, 1.54) is 6.42 Å². The number of amides is 1. The summed E-state index contributed by atoms with van der Waals surface area (Å²) >= 11 is 0. The zero-order valence-corrected chi connectivity index (χ0v) is 15.6. The van der Waals surface area contributed by atoms with E-state index in [-0.39, 0.29) is 11.3 Å². The van der Waals surface area contributed by atoms with Gasteiger partial charge in [-0.15, -0.1) is 5.10 Å². The maximum Gasteiger partial charge on any atom is 0.220 e. The second kappa shape index (κ2) is 7.46. The van der Waals surface area contributed by atoms with Crippen molar-refractivity contribution in [1.29, 1.82) is 0 Å². The van der Waals surface area contributed by atoms with Gasteiger partial charge in [0.05, 0.1) is 24.1 Å². The predicted octanol–water partition coefficient (Wildman–Crippen LogP) is 2.22. The van der Waals surface area contributed by atoms with Crippen LogP contribution in [0, 0.1) is 5.41 Å². The largest absolute Gasteiger partial charge is 0.349 e. The van der Waals surface area contributed by atoms with Crippen LogP contribution in [0.1, 0.15) is 44.3 Å². The van der Waals surface area contributed by atoms with Crippen molar-refractivity contribution in [2.45, 2.75) is 51.6 Å². The normalized spacial score (nSPS) is 16.5. The molecule has 0 bridgehead atoms. The molecule has 142 valence electrons. The van der Waals surface area contributed by atoms with E-state index in [1.54, 1.807) is 11.0 Å². The average Bonchev–Trinajstić information content (AvgIpc) is 3.29. The number of tetrazole rings is 1. The molecule has 3 aromatic rings. The molecule has 1 saturated carbocycles. The molecule has 1 fully saturated rings. The van der Waals surface area contributed by atoms with Crippen molar-refractivity contribution in [2.24, 2.45) is 12.5 Å². The third-order valence-electron chi connectivity index (χ3n) is 5.66. The number of benzene rings is 1. The number of nitrogens with zero attached hydrogens (tertiary/aromatic N) is 6. The van der Waals surface area contributed by atoms with Gasteiger partial charge in [0.15, 0.2) is 0 Å². The molecule has 0 radical (unpaired) electrons. The fraction of sp³-hybridized carbons (Fsp3) is 0.526. The molecule has 0 atom stereocenters. The van der Waals surface area contributed by atoms with E-state index in [0.29, 0.717) is 19.5 Å². The van der Waals surface area contributed by atoms with Crippen molar-refractivity contribution in [2.75, 3.05) is 0 Å². The summed E-state index contributed by atoms with van der Waals surface area (Å²) in [6, 6.07) is 8.00. The number of hydrogen-bond acceptors (Lipinski definition) is 5. The monoisotopic (exact) mass is 367 g/mol. The molecule has 27 heavy (non-hydrogen) atoms. The van der Waals surface area contributed by atoms with Crippen LogP contribution in [0.15, 0.2) is 30.6 Å². The summed E-state index contributed by atoms with van der Waals surface area (Å²) in [6.07, 6.45) is 7.74. The van der Waals surface area contributed by atoms with Crippen molar-refractivity contribution in [3.8, 4) is 0 Å². The fourth-order valence-electron chi connectivity index (χ4n) is 4.22. The summed E-state index contributed by atoms with van der Waals surface area (Å²) in [5.74, 6) is 0.930. The van der Waals surface area contributed by atoms with Crippen molar-refractivity contribution in [1.82, 2.24) is 35.1 Å². The molecule has 0 spiro atoms. The Hall–Kier alpha value is -2.77. The highest BCUT2D eigenvalue weighted by Crippen LogP contribution is 2.40. The number of rotatable bonds is 6. The summed E-state index contributed by atoms with van der Waals surface area (Å²) in [5, 5.41) is 14.5. The lowest BCUT2D eigenvalue weighted by molar-refractivity contribution is -0.124. The van der Waals surface area contributed by atoms with E-state index in [4.69, 9.17) is 0 Å². The minimum atomic E-state index is -0.0654. The lowest BCUT2D eigenvalue weighted by Crippen LogP contribution is -2.36. The molecule has 0 saturated heterocycles. The van der Waals surface area contributed by atoms with Crippen molar-refractivity contribution in [3.05, 3.63) is 36.4 Å². The Bertz CT molecular complexity index is 909. The molecule has 4 rings (SSSR count). The summed E-state index contributed by atoms with van der Waals surface area (Å²) in [7, 11) is 1.98. The van der Waals surface area contributed by atoms with Crippen LogP contribution in [0.3, 0.4) is 0 Å². The zero-order valence-electron chi connectivity index (χ0n) is 15.6. The molecule has 1 N–H and O–H groups in total. The van der Waals surface area contributed by atoms with Crippen LogP contribution in [0.25, 0.3) is 11.0 Å². The van der Waals surface area contributed by atoms with Gasteiger partial charge < -0.3 is 9.88 Å². The SMILES string of the molecule is Cn1c(CNC(=O)CC2(Cn3cnnn3)CCCCC2)nc2ccccc21. The van der Waals surface area contributed by atoms with Gasteiger partial charge in [-0.2, -0.15) is 0 Å². The van der Waals surface area contributed by atoms with Crippen molar-refractivity contribution >= 4 is 16.9 Å². The third kappa shape index (κ3) is 3.84. The number of fused-ring (bicyclic) bond motifs is 1. The van der Waals surface area contributed by atoms with Gasteiger partial charge >= 0.3 is 0 Å². The van der Waals surface area contributed by atoms with Gasteiger partial charge in [-0.25, -0.2) is 9.67 Å². The van der Waals surface area contributed by atoms with Crippen LogP contribution in [-0.4, -0.2) is 35.7 Å². The van der Waals surface area contributed by atoms with Crippen molar-refractivity contribution in [3.63, 3.8) is 0 Å². The Kier molecular flexibility index (Phi) is 4.87. The number of aryl methyl sites for hydroxylation is 1. The van der Waals surface area contributed by atoms with E-state index in [1.807, 2.05) is 35.9 Å². The van der Waals surface area contributed by atoms with Crippen molar-refractivity contribution < 1.29 is 4.79 Å². The minimum Gasteiger partial charge on any atom is -0.349 e. The molecule has 8 heteroatoms. The number of carbonyl (C=O) groups is 1. The molecule has 0 aliphatic heterocycles. The zero-order chi connectivity index (χ0) is 18.7. The minimum absolute atomic E-state index is 0.0654. The fourth-order valence-corrected chi connectivity index (χ4v) is 4.22. The number of aromatic nitrogens is 6. The van der Waals surface area contributed by atoms with Gasteiger partial charge in [-0.1, -0.05) is 31.4 Å². The van der Waals surface area contributed by atoms with Gasteiger partial charge in [-0.3, -0.25) is 4.79 Å². The summed E-state index contributed by atoms with van der Waals surface area (Å²) in [5.41, 5.74) is 1.96. The van der Waals surface area contributed by atoms with Gasteiger partial charge in [-0.05, 0) is 40.8 Å². The molecule has 1 amide bonds. The topological polar surface area (TPSA) is 90.5 Å². The Morgan fingerprint density at radius 3 is 2.78 bits per heavy atom. The van der Waals surface area contributed by atoms with E-state index in [2.05, 4.69) is 25.8 Å². The van der Waals surface area contributed by atoms with E-state index >= 15 is 0 Å². The highest BCUT2D eigenvalue weighted by molar-refractivity contribution is 5.77.